The molecule has 4 rings (SSSR count). The Labute approximate surface area is 242 Å². The fourth-order valence-corrected chi connectivity index (χ4v) is 6.61. The first-order valence-electron chi connectivity index (χ1n) is 13.8. The zero-order valence-electron chi connectivity index (χ0n) is 24.1. The number of hydrogen-bond acceptors (Lipinski definition) is 8. The zero-order valence-corrected chi connectivity index (χ0v) is 24.9. The number of benzene rings is 2. The van der Waals surface area contributed by atoms with Gasteiger partial charge in [-0.15, -0.1) is 0 Å². The van der Waals surface area contributed by atoms with E-state index in [4.69, 9.17) is 14.2 Å². The number of morpholine rings is 1. The highest BCUT2D eigenvalue weighted by Crippen LogP contribution is 2.34. The molecule has 1 amide bonds. The Kier molecular flexibility index (Phi) is 10.3. The molecule has 222 valence electrons. The second kappa shape index (κ2) is 13.7. The number of amides is 1. The minimum atomic E-state index is -3.98. The van der Waals surface area contributed by atoms with E-state index in [1.165, 1.54) is 10.4 Å². The Bertz CT molecular complexity index is 1360. The Hall–Kier alpha value is -3.14. The lowest BCUT2D eigenvalue weighted by Gasteiger charge is -2.38. The third-order valence-electron chi connectivity index (χ3n) is 7.45. The van der Waals surface area contributed by atoms with E-state index in [1.807, 2.05) is 31.2 Å². The standard InChI is InChI=1S/C30H39N3O7S/c1-22-18-33(23(2)21-34)41(36,37)29-12-9-25(6-5-24-7-10-26(38-4)11-8-24)17-27(29)40-28(22)19-31(3)30(35)20-32-13-15-39-16-14-32/h7-12,17,22-23,28,34H,13-16,18-21H2,1-4H3/t22-,23-,28+/m1/s1. The zero-order chi connectivity index (χ0) is 29.6. The van der Waals surface area contributed by atoms with Gasteiger partial charge >= 0.3 is 0 Å². The lowest BCUT2D eigenvalue weighted by molar-refractivity contribution is -0.133. The van der Waals surface area contributed by atoms with Gasteiger partial charge in [-0.25, -0.2) is 8.42 Å². The second-order valence-corrected chi connectivity index (χ2v) is 12.4. The van der Waals surface area contributed by atoms with Crippen molar-refractivity contribution in [1.82, 2.24) is 14.1 Å². The number of methoxy groups -OCH3 is 1. The predicted octanol–water partition coefficient (Wildman–Crippen LogP) is 1.65. The van der Waals surface area contributed by atoms with Crippen LogP contribution in [0.3, 0.4) is 0 Å². The van der Waals surface area contributed by atoms with Gasteiger partial charge in [0.15, 0.2) is 0 Å². The minimum Gasteiger partial charge on any atom is -0.497 e. The first-order valence-corrected chi connectivity index (χ1v) is 15.2. The smallest absolute Gasteiger partial charge is 0.247 e. The maximum Gasteiger partial charge on any atom is 0.247 e. The van der Waals surface area contributed by atoms with Crippen molar-refractivity contribution in [2.24, 2.45) is 5.92 Å². The molecule has 1 fully saturated rings. The molecule has 1 N–H and O–H groups in total. The van der Waals surface area contributed by atoms with Crippen molar-refractivity contribution < 1.29 is 32.5 Å². The molecule has 2 heterocycles. The Morgan fingerprint density at radius 2 is 1.80 bits per heavy atom. The van der Waals surface area contributed by atoms with E-state index in [2.05, 4.69) is 16.7 Å². The molecule has 2 aromatic rings. The fourth-order valence-electron chi connectivity index (χ4n) is 4.78. The van der Waals surface area contributed by atoms with E-state index in [9.17, 15) is 18.3 Å². The summed E-state index contributed by atoms with van der Waals surface area (Å²) in [6.07, 6.45) is -0.499. The van der Waals surface area contributed by atoms with Crippen molar-refractivity contribution in [3.8, 4) is 23.3 Å². The summed E-state index contributed by atoms with van der Waals surface area (Å²) in [5, 5.41) is 9.88. The van der Waals surface area contributed by atoms with Crippen LogP contribution in [0, 0.1) is 17.8 Å². The van der Waals surface area contributed by atoms with Gasteiger partial charge in [0.25, 0.3) is 0 Å². The van der Waals surface area contributed by atoms with Gasteiger partial charge in [0.2, 0.25) is 15.9 Å². The number of carbonyl (C=O) groups excluding carboxylic acids is 1. The number of rotatable bonds is 7. The van der Waals surface area contributed by atoms with Crippen LogP contribution in [0.1, 0.15) is 25.0 Å². The molecule has 10 nitrogen and oxygen atoms in total. The summed E-state index contributed by atoms with van der Waals surface area (Å²) >= 11 is 0. The van der Waals surface area contributed by atoms with Crippen LogP contribution in [0.25, 0.3) is 0 Å². The number of likely N-dealkylation sites (N-methyl/N-ethyl adjacent to an activating group) is 1. The number of ether oxygens (including phenoxy) is 3. The van der Waals surface area contributed by atoms with Crippen molar-refractivity contribution >= 4 is 15.9 Å². The van der Waals surface area contributed by atoms with E-state index in [1.54, 1.807) is 38.1 Å². The summed E-state index contributed by atoms with van der Waals surface area (Å²) in [5.74, 6) is 6.76. The summed E-state index contributed by atoms with van der Waals surface area (Å²) in [6, 6.07) is 11.5. The lowest BCUT2D eigenvalue weighted by atomic mass is 10.0. The molecule has 0 spiro atoms. The predicted molar refractivity (Wildman–Crippen MR) is 154 cm³/mol. The number of fused-ring (bicyclic) bond motifs is 1. The van der Waals surface area contributed by atoms with Crippen LogP contribution < -0.4 is 9.47 Å². The minimum absolute atomic E-state index is 0.00648. The van der Waals surface area contributed by atoms with Gasteiger partial charge in [0.1, 0.15) is 22.5 Å². The van der Waals surface area contributed by atoms with Crippen LogP contribution in [0.2, 0.25) is 0 Å². The van der Waals surface area contributed by atoms with Crippen LogP contribution in [-0.2, 0) is 19.6 Å². The molecular formula is C30H39N3O7S. The fraction of sp³-hybridized carbons (Fsp3) is 0.500. The molecule has 0 bridgehead atoms. The molecule has 11 heteroatoms. The maximum absolute atomic E-state index is 13.7. The topological polar surface area (TPSA) is 109 Å². The van der Waals surface area contributed by atoms with E-state index < -0.39 is 22.2 Å². The van der Waals surface area contributed by atoms with E-state index in [0.29, 0.717) is 31.9 Å². The molecule has 1 saturated heterocycles. The van der Waals surface area contributed by atoms with Crippen LogP contribution >= 0.6 is 0 Å². The van der Waals surface area contributed by atoms with Crippen molar-refractivity contribution in [3.05, 3.63) is 53.6 Å². The van der Waals surface area contributed by atoms with Gasteiger partial charge in [-0.1, -0.05) is 18.8 Å². The third kappa shape index (κ3) is 7.58. The quantitative estimate of drug-likeness (QED) is 0.489. The van der Waals surface area contributed by atoms with E-state index in [-0.39, 0.29) is 48.7 Å². The number of carbonyl (C=O) groups is 1. The van der Waals surface area contributed by atoms with Gasteiger partial charge in [0, 0.05) is 49.8 Å². The van der Waals surface area contributed by atoms with Crippen LogP contribution in [-0.4, -0.2) is 112 Å². The summed E-state index contributed by atoms with van der Waals surface area (Å²) < 4.78 is 45.8. The molecule has 3 atom stereocenters. The number of hydrogen-bond donors (Lipinski definition) is 1. The molecule has 2 aliphatic heterocycles. The van der Waals surface area contributed by atoms with Gasteiger partial charge in [-0.3, -0.25) is 9.69 Å². The molecule has 41 heavy (non-hydrogen) atoms. The van der Waals surface area contributed by atoms with Crippen LogP contribution in [0.15, 0.2) is 47.4 Å². The number of aliphatic hydroxyl groups excluding tert-OH is 1. The third-order valence-corrected chi connectivity index (χ3v) is 9.47. The van der Waals surface area contributed by atoms with E-state index in [0.717, 1.165) is 11.3 Å². The lowest BCUT2D eigenvalue weighted by Crippen LogP contribution is -2.51. The molecule has 2 aromatic carbocycles. The Morgan fingerprint density at radius 3 is 2.46 bits per heavy atom. The van der Waals surface area contributed by atoms with Crippen LogP contribution in [0.5, 0.6) is 11.5 Å². The normalized spacial score (nSPS) is 21.7. The Balaban J connectivity index is 1.63. The molecule has 2 aliphatic rings. The van der Waals surface area contributed by atoms with E-state index >= 15 is 0 Å². The average Bonchev–Trinajstić information content (AvgIpc) is 2.98. The van der Waals surface area contributed by atoms with Gasteiger partial charge in [-0.05, 0) is 49.4 Å². The molecule has 0 unspecified atom stereocenters. The SMILES string of the molecule is COc1ccc(C#Cc2ccc3c(c2)O[C@@H](CN(C)C(=O)CN2CCOCC2)[C@H](C)CN([C@H](C)CO)S3(=O)=O)cc1. The second-order valence-electron chi connectivity index (χ2n) is 10.5. The van der Waals surface area contributed by atoms with Crippen molar-refractivity contribution in [2.45, 2.75) is 30.9 Å². The van der Waals surface area contributed by atoms with Crippen molar-refractivity contribution in [3.63, 3.8) is 0 Å². The largest absolute Gasteiger partial charge is 0.497 e. The highest BCUT2D eigenvalue weighted by Gasteiger charge is 2.38. The highest BCUT2D eigenvalue weighted by molar-refractivity contribution is 7.89. The monoisotopic (exact) mass is 585 g/mol. The van der Waals surface area contributed by atoms with Crippen molar-refractivity contribution in [1.29, 1.82) is 0 Å². The van der Waals surface area contributed by atoms with Gasteiger partial charge in [0.05, 0.1) is 40.0 Å². The first-order chi connectivity index (χ1) is 19.6. The number of sulfonamides is 1. The molecular weight excluding hydrogens is 546 g/mol. The highest BCUT2D eigenvalue weighted by atomic mass is 32.2. The molecule has 0 aromatic heterocycles. The maximum atomic E-state index is 13.7. The summed E-state index contributed by atoms with van der Waals surface area (Å²) in [5.41, 5.74) is 1.36. The Morgan fingerprint density at radius 1 is 1.15 bits per heavy atom. The first kappa shape index (κ1) is 30.8. The number of nitrogens with zero attached hydrogens (tertiary/aromatic N) is 3. The van der Waals surface area contributed by atoms with Crippen LogP contribution in [0.4, 0.5) is 0 Å². The van der Waals surface area contributed by atoms with Gasteiger partial charge in [-0.2, -0.15) is 4.31 Å². The average molecular weight is 586 g/mol. The summed E-state index contributed by atoms with van der Waals surface area (Å²) in [4.78, 5) is 16.8. The summed E-state index contributed by atoms with van der Waals surface area (Å²) in [6.45, 7) is 6.56. The molecule has 0 radical (unpaired) electrons. The number of aliphatic hydroxyl groups is 1. The summed E-state index contributed by atoms with van der Waals surface area (Å²) in [7, 11) is -0.644. The molecule has 0 aliphatic carbocycles. The van der Waals surface area contributed by atoms with Gasteiger partial charge < -0.3 is 24.2 Å². The molecule has 0 saturated carbocycles. The van der Waals surface area contributed by atoms with Crippen molar-refractivity contribution in [2.75, 3.05) is 66.7 Å².